The van der Waals surface area contributed by atoms with Gasteiger partial charge in [0.25, 0.3) is 0 Å². The molecule has 3 nitrogen and oxygen atoms in total. The van der Waals surface area contributed by atoms with Crippen molar-refractivity contribution in [2.45, 2.75) is 13.5 Å². The van der Waals surface area contributed by atoms with Gasteiger partial charge in [-0.25, -0.2) is 0 Å². The molecule has 88 valence electrons. The number of pyridine rings is 1. The number of rotatable bonds is 3. The third-order valence-corrected chi connectivity index (χ3v) is 2.73. The second-order valence-electron chi connectivity index (χ2n) is 3.60. The fourth-order valence-corrected chi connectivity index (χ4v) is 1.65. The number of hydrogen-bond donors (Lipinski definition) is 1. The molecule has 0 aliphatic carbocycles. The summed E-state index contributed by atoms with van der Waals surface area (Å²) >= 11 is 5.98. The Balaban J connectivity index is 2.25. The zero-order chi connectivity index (χ0) is 12.3. The average molecular weight is 250 g/mol. The summed E-state index contributed by atoms with van der Waals surface area (Å²) in [6, 6.07) is 8.84. The van der Waals surface area contributed by atoms with Crippen molar-refractivity contribution in [1.82, 2.24) is 4.98 Å². The van der Waals surface area contributed by atoms with Crippen LogP contribution in [0.25, 0.3) is 0 Å². The molecule has 1 heterocycles. The highest BCUT2D eigenvalue weighted by Gasteiger charge is 2.04. The van der Waals surface area contributed by atoms with Crippen molar-refractivity contribution in [3.8, 4) is 11.5 Å². The van der Waals surface area contributed by atoms with E-state index in [-0.39, 0.29) is 6.61 Å². The summed E-state index contributed by atoms with van der Waals surface area (Å²) in [6.45, 7) is 1.80. The van der Waals surface area contributed by atoms with Gasteiger partial charge in [0.15, 0.2) is 0 Å². The summed E-state index contributed by atoms with van der Waals surface area (Å²) in [6.07, 6.45) is 1.71. The molecule has 0 bridgehead atoms. The average Bonchev–Trinajstić information content (AvgIpc) is 2.32. The number of aliphatic hydroxyl groups excluding tert-OH is 1. The molecular formula is C13H12ClNO2. The highest BCUT2D eigenvalue weighted by Crippen LogP contribution is 2.27. The summed E-state index contributed by atoms with van der Waals surface area (Å²) in [5, 5.41) is 9.50. The van der Waals surface area contributed by atoms with Gasteiger partial charge in [0.05, 0.1) is 12.3 Å². The van der Waals surface area contributed by atoms with Crippen LogP contribution in [0.3, 0.4) is 0 Å². The lowest BCUT2D eigenvalue weighted by Crippen LogP contribution is -1.91. The van der Waals surface area contributed by atoms with Gasteiger partial charge in [0.1, 0.15) is 11.5 Å². The quantitative estimate of drug-likeness (QED) is 0.907. The highest BCUT2D eigenvalue weighted by atomic mass is 35.5. The minimum Gasteiger partial charge on any atom is -0.455 e. The third kappa shape index (κ3) is 2.75. The monoisotopic (exact) mass is 249 g/mol. The Labute approximate surface area is 105 Å². The summed E-state index contributed by atoms with van der Waals surface area (Å²) in [5.41, 5.74) is 1.50. The Morgan fingerprint density at radius 3 is 2.82 bits per heavy atom. The number of halogens is 1. The maximum atomic E-state index is 9.01. The van der Waals surface area contributed by atoms with Crippen LogP contribution >= 0.6 is 11.6 Å². The van der Waals surface area contributed by atoms with Crippen LogP contribution in [0.5, 0.6) is 11.5 Å². The maximum Gasteiger partial charge on any atom is 0.148 e. The van der Waals surface area contributed by atoms with Gasteiger partial charge in [0, 0.05) is 11.2 Å². The predicted octanol–water partition coefficient (Wildman–Crippen LogP) is 3.33. The molecule has 1 N–H and O–H groups in total. The van der Waals surface area contributed by atoms with E-state index in [1.54, 1.807) is 24.4 Å². The SMILES string of the molecule is Cc1ncccc1Oc1ccc(CO)c(Cl)c1. The normalized spacial score (nSPS) is 10.3. The molecule has 0 unspecified atom stereocenters. The number of aromatic nitrogens is 1. The first kappa shape index (κ1) is 11.9. The first-order valence-corrected chi connectivity index (χ1v) is 5.57. The first-order valence-electron chi connectivity index (χ1n) is 5.19. The zero-order valence-electron chi connectivity index (χ0n) is 9.35. The van der Waals surface area contributed by atoms with E-state index in [4.69, 9.17) is 21.4 Å². The van der Waals surface area contributed by atoms with Crippen molar-refractivity contribution < 1.29 is 9.84 Å². The van der Waals surface area contributed by atoms with Gasteiger partial charge < -0.3 is 9.84 Å². The van der Waals surface area contributed by atoms with Crippen molar-refractivity contribution in [2.75, 3.05) is 0 Å². The molecule has 4 heteroatoms. The second-order valence-corrected chi connectivity index (χ2v) is 4.01. The van der Waals surface area contributed by atoms with Gasteiger partial charge in [-0.15, -0.1) is 0 Å². The molecule has 0 saturated heterocycles. The number of aliphatic hydroxyl groups is 1. The summed E-state index contributed by atoms with van der Waals surface area (Å²) < 4.78 is 5.66. The van der Waals surface area contributed by atoms with Crippen LogP contribution in [0.2, 0.25) is 5.02 Å². The Bertz CT molecular complexity index is 529. The van der Waals surface area contributed by atoms with Crippen molar-refractivity contribution in [2.24, 2.45) is 0 Å². The Morgan fingerprint density at radius 2 is 2.18 bits per heavy atom. The first-order chi connectivity index (χ1) is 8.20. The highest BCUT2D eigenvalue weighted by molar-refractivity contribution is 6.31. The van der Waals surface area contributed by atoms with Crippen molar-refractivity contribution >= 4 is 11.6 Å². The van der Waals surface area contributed by atoms with E-state index in [1.807, 2.05) is 19.1 Å². The van der Waals surface area contributed by atoms with E-state index in [9.17, 15) is 0 Å². The van der Waals surface area contributed by atoms with Crippen LogP contribution in [0.15, 0.2) is 36.5 Å². The van der Waals surface area contributed by atoms with E-state index in [2.05, 4.69) is 4.98 Å². The lowest BCUT2D eigenvalue weighted by molar-refractivity contribution is 0.282. The smallest absolute Gasteiger partial charge is 0.148 e. The lowest BCUT2D eigenvalue weighted by atomic mass is 10.2. The molecular weight excluding hydrogens is 238 g/mol. The fraction of sp³-hybridized carbons (Fsp3) is 0.154. The molecule has 0 amide bonds. The predicted molar refractivity (Wildman–Crippen MR) is 66.4 cm³/mol. The minimum atomic E-state index is -0.0783. The van der Waals surface area contributed by atoms with Gasteiger partial charge in [-0.1, -0.05) is 17.7 Å². The van der Waals surface area contributed by atoms with Crippen LogP contribution < -0.4 is 4.74 Å². The zero-order valence-corrected chi connectivity index (χ0v) is 10.1. The van der Waals surface area contributed by atoms with Crippen LogP contribution in [0, 0.1) is 6.92 Å². The molecule has 1 aromatic heterocycles. The van der Waals surface area contributed by atoms with E-state index < -0.39 is 0 Å². The topological polar surface area (TPSA) is 42.4 Å². The summed E-state index contributed by atoms with van der Waals surface area (Å²) in [7, 11) is 0. The molecule has 0 radical (unpaired) electrons. The molecule has 2 rings (SSSR count). The van der Waals surface area contributed by atoms with Crippen LogP contribution in [-0.4, -0.2) is 10.1 Å². The number of hydrogen-bond acceptors (Lipinski definition) is 3. The van der Waals surface area contributed by atoms with E-state index in [0.717, 1.165) is 5.69 Å². The summed E-state index contributed by atoms with van der Waals surface area (Å²) in [4.78, 5) is 4.13. The van der Waals surface area contributed by atoms with Gasteiger partial charge >= 0.3 is 0 Å². The number of ether oxygens (including phenoxy) is 1. The number of aryl methyl sites for hydroxylation is 1. The third-order valence-electron chi connectivity index (χ3n) is 2.38. The molecule has 0 fully saturated rings. The molecule has 0 aliphatic rings. The Kier molecular flexibility index (Phi) is 3.61. The molecule has 0 aliphatic heterocycles. The Morgan fingerprint density at radius 1 is 1.35 bits per heavy atom. The fourth-order valence-electron chi connectivity index (χ4n) is 1.42. The Hall–Kier alpha value is -1.58. The molecule has 17 heavy (non-hydrogen) atoms. The second kappa shape index (κ2) is 5.17. The van der Waals surface area contributed by atoms with Crippen molar-refractivity contribution in [1.29, 1.82) is 0 Å². The van der Waals surface area contributed by atoms with E-state index in [1.165, 1.54) is 0 Å². The minimum absolute atomic E-state index is 0.0783. The lowest BCUT2D eigenvalue weighted by Gasteiger charge is -2.09. The van der Waals surface area contributed by atoms with Gasteiger partial charge in [-0.05, 0) is 36.8 Å². The summed E-state index contributed by atoms with van der Waals surface area (Å²) in [5.74, 6) is 1.32. The van der Waals surface area contributed by atoms with Crippen LogP contribution in [0.4, 0.5) is 0 Å². The van der Waals surface area contributed by atoms with Gasteiger partial charge in [0.2, 0.25) is 0 Å². The van der Waals surface area contributed by atoms with Gasteiger partial charge in [-0.2, -0.15) is 0 Å². The van der Waals surface area contributed by atoms with Crippen LogP contribution in [-0.2, 0) is 6.61 Å². The number of nitrogens with zero attached hydrogens (tertiary/aromatic N) is 1. The molecule has 0 spiro atoms. The van der Waals surface area contributed by atoms with Crippen molar-refractivity contribution in [3.05, 3.63) is 52.8 Å². The standard InChI is InChI=1S/C13H12ClNO2/c1-9-13(3-2-6-15-9)17-11-5-4-10(8-16)12(14)7-11/h2-7,16H,8H2,1H3. The molecule has 2 aromatic rings. The van der Waals surface area contributed by atoms with Gasteiger partial charge in [-0.3, -0.25) is 4.98 Å². The molecule has 1 aromatic carbocycles. The largest absolute Gasteiger partial charge is 0.455 e. The van der Waals surface area contributed by atoms with Crippen LogP contribution in [0.1, 0.15) is 11.3 Å². The molecule has 0 saturated carbocycles. The number of benzene rings is 1. The molecule has 0 atom stereocenters. The van der Waals surface area contributed by atoms with E-state index >= 15 is 0 Å². The van der Waals surface area contributed by atoms with E-state index in [0.29, 0.717) is 22.1 Å². The maximum absolute atomic E-state index is 9.01. The van der Waals surface area contributed by atoms with Crippen molar-refractivity contribution in [3.63, 3.8) is 0 Å².